The lowest BCUT2D eigenvalue weighted by Crippen LogP contribution is -2.42. The molecule has 0 unspecified atom stereocenters. The Labute approximate surface area is 147 Å². The lowest BCUT2D eigenvalue weighted by molar-refractivity contribution is 0.0938. The Morgan fingerprint density at radius 1 is 1.13 bits per heavy atom. The predicted molar refractivity (Wildman–Crippen MR) is 96.6 cm³/mol. The number of amides is 1. The van der Waals surface area contributed by atoms with E-state index in [1.54, 1.807) is 26.4 Å². The molecule has 1 aromatic carbocycles. The summed E-state index contributed by atoms with van der Waals surface area (Å²) in [4.78, 5) is 14.7. The van der Waals surface area contributed by atoms with Crippen LogP contribution in [0.15, 0.2) is 16.6 Å². The number of hydrogen-bond donors (Lipinski definition) is 1. The first-order chi connectivity index (χ1) is 10.8. The zero-order chi connectivity index (χ0) is 17.6. The van der Waals surface area contributed by atoms with Gasteiger partial charge in [0.1, 0.15) is 16.0 Å². The van der Waals surface area contributed by atoms with E-state index in [2.05, 4.69) is 53.8 Å². The van der Waals surface area contributed by atoms with Gasteiger partial charge in [-0.05, 0) is 55.8 Å². The quantitative estimate of drug-likeness (QED) is 0.744. The number of benzene rings is 1. The van der Waals surface area contributed by atoms with Crippen molar-refractivity contribution in [3.63, 3.8) is 0 Å². The normalized spacial score (nSPS) is 11.2. The largest absolute Gasteiger partial charge is 0.495 e. The monoisotopic (exact) mass is 386 g/mol. The molecule has 1 aromatic rings. The van der Waals surface area contributed by atoms with Crippen molar-refractivity contribution < 1.29 is 14.3 Å². The molecule has 130 valence electrons. The molecule has 1 N–H and O–H groups in total. The fourth-order valence-electron chi connectivity index (χ4n) is 2.51. The first-order valence-corrected chi connectivity index (χ1v) is 8.56. The van der Waals surface area contributed by atoms with Crippen LogP contribution >= 0.6 is 15.9 Å². The average Bonchev–Trinajstić information content (AvgIpc) is 2.50. The minimum atomic E-state index is -0.137. The van der Waals surface area contributed by atoms with E-state index in [-0.39, 0.29) is 5.91 Å². The first-order valence-electron chi connectivity index (χ1n) is 7.77. The van der Waals surface area contributed by atoms with E-state index >= 15 is 0 Å². The van der Waals surface area contributed by atoms with Gasteiger partial charge in [-0.3, -0.25) is 9.69 Å². The Morgan fingerprint density at radius 2 is 1.61 bits per heavy atom. The molecule has 0 fully saturated rings. The molecule has 0 radical (unpaired) electrons. The molecule has 23 heavy (non-hydrogen) atoms. The summed E-state index contributed by atoms with van der Waals surface area (Å²) in [6, 6.07) is 4.29. The summed E-state index contributed by atoms with van der Waals surface area (Å²) in [5.41, 5.74) is 0.516. The highest BCUT2D eigenvalue weighted by Gasteiger charge is 2.16. The van der Waals surface area contributed by atoms with Crippen LogP contribution in [-0.2, 0) is 0 Å². The average molecular weight is 387 g/mol. The summed E-state index contributed by atoms with van der Waals surface area (Å²) < 4.78 is 11.2. The third kappa shape index (κ3) is 5.39. The number of methoxy groups -OCH3 is 2. The zero-order valence-corrected chi connectivity index (χ0v) is 16.4. The molecule has 0 aliphatic heterocycles. The summed E-state index contributed by atoms with van der Waals surface area (Å²) in [5.74, 6) is 1.00. The van der Waals surface area contributed by atoms with Crippen molar-refractivity contribution in [3.05, 3.63) is 22.2 Å². The molecule has 0 heterocycles. The molecule has 1 amide bonds. The smallest absolute Gasteiger partial charge is 0.251 e. The fraction of sp³-hybridized carbons (Fsp3) is 0.588. The van der Waals surface area contributed by atoms with Gasteiger partial charge in [0.2, 0.25) is 0 Å². The van der Waals surface area contributed by atoms with Gasteiger partial charge in [-0.15, -0.1) is 0 Å². The lowest BCUT2D eigenvalue weighted by atomic mass is 10.2. The Balaban J connectivity index is 2.75. The van der Waals surface area contributed by atoms with E-state index < -0.39 is 0 Å². The van der Waals surface area contributed by atoms with Crippen LogP contribution in [0.4, 0.5) is 0 Å². The lowest BCUT2D eigenvalue weighted by Gasteiger charge is -2.30. The number of nitrogens with zero attached hydrogens (tertiary/aromatic N) is 1. The Bertz CT molecular complexity index is 500. The van der Waals surface area contributed by atoms with Crippen LogP contribution < -0.4 is 14.8 Å². The molecule has 1 rings (SSSR count). The van der Waals surface area contributed by atoms with Gasteiger partial charge in [0.25, 0.3) is 5.91 Å². The maximum absolute atomic E-state index is 12.4. The fourth-order valence-corrected chi connectivity index (χ4v) is 3.07. The zero-order valence-electron chi connectivity index (χ0n) is 14.8. The molecule has 0 aromatic heterocycles. The topological polar surface area (TPSA) is 50.8 Å². The van der Waals surface area contributed by atoms with Crippen molar-refractivity contribution in [1.82, 2.24) is 10.2 Å². The van der Waals surface area contributed by atoms with E-state index in [9.17, 15) is 4.79 Å². The highest BCUT2D eigenvalue weighted by molar-refractivity contribution is 9.10. The van der Waals surface area contributed by atoms with E-state index in [0.29, 0.717) is 40.2 Å². The number of nitrogens with one attached hydrogen (secondary N) is 1. The minimum absolute atomic E-state index is 0.137. The van der Waals surface area contributed by atoms with Crippen LogP contribution in [0.2, 0.25) is 0 Å². The van der Waals surface area contributed by atoms with Crippen molar-refractivity contribution in [2.45, 2.75) is 39.8 Å². The summed E-state index contributed by atoms with van der Waals surface area (Å²) in [6.45, 7) is 10.0. The van der Waals surface area contributed by atoms with Crippen molar-refractivity contribution in [1.29, 1.82) is 0 Å². The second-order valence-corrected chi connectivity index (χ2v) is 6.67. The number of hydrogen-bond acceptors (Lipinski definition) is 4. The van der Waals surface area contributed by atoms with Crippen LogP contribution in [0.3, 0.4) is 0 Å². The third-order valence-corrected chi connectivity index (χ3v) is 4.47. The Hall–Kier alpha value is -1.27. The number of ether oxygens (including phenoxy) is 2. The molecular formula is C17H27BrN2O3. The van der Waals surface area contributed by atoms with Crippen molar-refractivity contribution >= 4 is 21.8 Å². The van der Waals surface area contributed by atoms with E-state index in [1.807, 2.05) is 0 Å². The minimum Gasteiger partial charge on any atom is -0.495 e. The van der Waals surface area contributed by atoms with Gasteiger partial charge in [0.15, 0.2) is 0 Å². The number of rotatable bonds is 8. The Morgan fingerprint density at radius 3 is 2.00 bits per heavy atom. The third-order valence-electron chi connectivity index (χ3n) is 3.69. The molecule has 0 atom stereocenters. The molecule has 0 spiro atoms. The molecule has 0 saturated carbocycles. The molecule has 0 aliphatic carbocycles. The molecule has 0 bridgehead atoms. The van der Waals surface area contributed by atoms with Gasteiger partial charge in [0.05, 0.1) is 14.2 Å². The highest BCUT2D eigenvalue weighted by Crippen LogP contribution is 2.35. The standard InChI is InChI=1S/C17H27BrN2O3/c1-11(2)20(12(3)4)8-7-19-17(21)13-9-14(22-5)16(18)15(10-13)23-6/h9-12H,7-8H2,1-6H3,(H,19,21). The van der Waals surface area contributed by atoms with Gasteiger partial charge in [-0.2, -0.15) is 0 Å². The summed E-state index contributed by atoms with van der Waals surface area (Å²) in [6.07, 6.45) is 0. The van der Waals surface area contributed by atoms with Crippen molar-refractivity contribution in [3.8, 4) is 11.5 Å². The highest BCUT2D eigenvalue weighted by atomic mass is 79.9. The maximum Gasteiger partial charge on any atom is 0.251 e. The summed E-state index contributed by atoms with van der Waals surface area (Å²) in [7, 11) is 3.12. The number of halogens is 1. The molecule has 0 aliphatic rings. The Kier molecular flexibility index (Phi) is 7.85. The van der Waals surface area contributed by atoms with E-state index in [1.165, 1.54) is 0 Å². The van der Waals surface area contributed by atoms with E-state index in [4.69, 9.17) is 9.47 Å². The predicted octanol–water partition coefficient (Wildman–Crippen LogP) is 3.31. The number of carbonyl (C=O) groups excluding carboxylic acids is 1. The number of carbonyl (C=O) groups is 1. The second-order valence-electron chi connectivity index (χ2n) is 5.88. The molecule has 6 heteroatoms. The van der Waals surface area contributed by atoms with Crippen LogP contribution in [-0.4, -0.2) is 50.2 Å². The van der Waals surface area contributed by atoms with Gasteiger partial charge in [-0.25, -0.2) is 0 Å². The molecule has 0 saturated heterocycles. The summed E-state index contributed by atoms with van der Waals surface area (Å²) in [5, 5.41) is 2.95. The van der Waals surface area contributed by atoms with Gasteiger partial charge < -0.3 is 14.8 Å². The van der Waals surface area contributed by atoms with Crippen LogP contribution in [0.1, 0.15) is 38.1 Å². The SMILES string of the molecule is COc1cc(C(=O)NCCN(C(C)C)C(C)C)cc(OC)c1Br. The molecular weight excluding hydrogens is 360 g/mol. The van der Waals surface area contributed by atoms with Crippen molar-refractivity contribution in [2.75, 3.05) is 27.3 Å². The van der Waals surface area contributed by atoms with Crippen LogP contribution in [0.5, 0.6) is 11.5 Å². The van der Waals surface area contributed by atoms with E-state index in [0.717, 1.165) is 6.54 Å². The van der Waals surface area contributed by atoms with Gasteiger partial charge in [0, 0.05) is 30.7 Å². The van der Waals surface area contributed by atoms with Gasteiger partial charge >= 0.3 is 0 Å². The second kappa shape index (κ2) is 9.13. The maximum atomic E-state index is 12.4. The van der Waals surface area contributed by atoms with Gasteiger partial charge in [-0.1, -0.05) is 0 Å². The van der Waals surface area contributed by atoms with Crippen LogP contribution in [0, 0.1) is 0 Å². The van der Waals surface area contributed by atoms with Crippen molar-refractivity contribution in [2.24, 2.45) is 0 Å². The molecule has 5 nitrogen and oxygen atoms in total. The summed E-state index contributed by atoms with van der Waals surface area (Å²) >= 11 is 3.40. The van der Waals surface area contributed by atoms with Crippen LogP contribution in [0.25, 0.3) is 0 Å². The first kappa shape index (κ1) is 19.8.